The van der Waals surface area contributed by atoms with E-state index in [2.05, 4.69) is 4.90 Å². The number of hydrogen-bond donors (Lipinski definition) is 1. The van der Waals surface area contributed by atoms with Crippen LogP contribution in [0.3, 0.4) is 0 Å². The zero-order valence-electron chi connectivity index (χ0n) is 31.8. The number of likely N-dealkylation sites (tertiary alicyclic amines) is 1. The number of piperidine rings is 1. The maximum absolute atomic E-state index is 14.2. The van der Waals surface area contributed by atoms with Crippen molar-refractivity contribution < 1.29 is 62.2 Å². The molecule has 14 nitrogen and oxygen atoms in total. The summed E-state index contributed by atoms with van der Waals surface area (Å²) < 4.78 is 39.9. The van der Waals surface area contributed by atoms with Crippen LogP contribution >= 0.6 is 0 Å². The molecule has 0 radical (unpaired) electrons. The van der Waals surface area contributed by atoms with Gasteiger partial charge in [0.15, 0.2) is 17.6 Å². The first-order chi connectivity index (χ1) is 25.2. The number of nitrogens with zero attached hydrogens (tertiary/aromatic N) is 1. The van der Waals surface area contributed by atoms with E-state index in [-0.39, 0.29) is 35.3 Å². The molecule has 0 saturated carbocycles. The van der Waals surface area contributed by atoms with E-state index in [9.17, 15) is 29.1 Å². The largest absolute Gasteiger partial charge is 0.514 e. The SMILES string of the molecule is CC(=O)O[C@@H](CC(=O)OC(C)(C)C)C(=O)O[C@H](C(=O)OC1=CC[C@@]2(O)[C@H]3Cc4ccc(OC(=O)OC(C)(C)C)c5c4[C@@]2(CCN3C)[C@H]1O5)c1ccccc1. The third kappa shape index (κ3) is 7.28. The number of carbonyl (C=O) groups excluding carboxylic acids is 5. The fourth-order valence-corrected chi connectivity index (χ4v) is 8.02. The minimum atomic E-state index is -1.72. The highest BCUT2D eigenvalue weighted by Crippen LogP contribution is 2.65. The van der Waals surface area contributed by atoms with E-state index in [1.165, 1.54) is 0 Å². The summed E-state index contributed by atoms with van der Waals surface area (Å²) in [7, 11) is 1.95. The van der Waals surface area contributed by atoms with E-state index in [1.807, 2.05) is 13.1 Å². The van der Waals surface area contributed by atoms with Crippen LogP contribution in [0.5, 0.6) is 11.5 Å². The van der Waals surface area contributed by atoms with Crippen molar-refractivity contribution in [3.63, 3.8) is 0 Å². The summed E-state index contributed by atoms with van der Waals surface area (Å²) in [5.41, 5.74) is -2.34. The van der Waals surface area contributed by atoms with Gasteiger partial charge in [-0.25, -0.2) is 14.4 Å². The molecule has 2 aliphatic carbocycles. The molecular weight excluding hydrogens is 702 g/mol. The van der Waals surface area contributed by atoms with Crippen molar-refractivity contribution in [1.82, 2.24) is 4.90 Å². The van der Waals surface area contributed by atoms with Gasteiger partial charge in [0.1, 0.15) is 17.0 Å². The zero-order valence-corrected chi connectivity index (χ0v) is 31.8. The van der Waals surface area contributed by atoms with Crippen LogP contribution in [0.1, 0.15) is 90.5 Å². The van der Waals surface area contributed by atoms with Crippen molar-refractivity contribution in [1.29, 1.82) is 0 Å². The van der Waals surface area contributed by atoms with Crippen molar-refractivity contribution in [2.75, 3.05) is 13.6 Å². The molecule has 54 heavy (non-hydrogen) atoms. The van der Waals surface area contributed by atoms with E-state index in [4.69, 9.17) is 33.2 Å². The Morgan fingerprint density at radius 3 is 2.26 bits per heavy atom. The Morgan fingerprint density at radius 2 is 1.61 bits per heavy atom. The second-order valence-electron chi connectivity index (χ2n) is 16.2. The smallest absolute Gasteiger partial charge is 0.477 e. The fourth-order valence-electron chi connectivity index (χ4n) is 8.02. The lowest BCUT2D eigenvalue weighted by Crippen LogP contribution is -2.74. The first-order valence-corrected chi connectivity index (χ1v) is 17.9. The molecule has 1 saturated heterocycles. The van der Waals surface area contributed by atoms with Gasteiger partial charge in [0.05, 0.1) is 17.4 Å². The molecule has 2 bridgehead atoms. The highest BCUT2D eigenvalue weighted by molar-refractivity contribution is 5.87. The van der Waals surface area contributed by atoms with Crippen LogP contribution < -0.4 is 9.47 Å². The van der Waals surface area contributed by atoms with Crippen molar-refractivity contribution >= 4 is 30.0 Å². The van der Waals surface area contributed by atoms with Crippen LogP contribution in [0.15, 0.2) is 54.3 Å². The number of hydrogen-bond acceptors (Lipinski definition) is 14. The first kappa shape index (κ1) is 38.8. The van der Waals surface area contributed by atoms with E-state index in [0.717, 1.165) is 12.5 Å². The van der Waals surface area contributed by atoms with Gasteiger partial charge in [-0.3, -0.25) is 9.59 Å². The van der Waals surface area contributed by atoms with Gasteiger partial charge in [-0.05, 0) is 85.7 Å². The molecule has 0 unspecified atom stereocenters. The van der Waals surface area contributed by atoms with Gasteiger partial charge in [0, 0.05) is 30.5 Å². The molecule has 6 rings (SSSR count). The van der Waals surface area contributed by atoms with Crippen molar-refractivity contribution in [2.45, 2.75) is 121 Å². The van der Waals surface area contributed by atoms with Crippen LogP contribution in [0.4, 0.5) is 4.79 Å². The molecule has 2 aromatic rings. The van der Waals surface area contributed by atoms with Crippen molar-refractivity contribution in [2.24, 2.45) is 0 Å². The summed E-state index contributed by atoms with van der Waals surface area (Å²) in [6.07, 6.45) is -3.40. The summed E-state index contributed by atoms with van der Waals surface area (Å²) in [6.45, 7) is 11.7. The zero-order chi connectivity index (χ0) is 39.4. The topological polar surface area (TPSA) is 173 Å². The predicted molar refractivity (Wildman–Crippen MR) is 189 cm³/mol. The van der Waals surface area contributed by atoms with Crippen molar-refractivity contribution in [3.8, 4) is 11.5 Å². The Bertz CT molecular complexity index is 1880. The standard InChI is InChI=1S/C40H47NO13/c1-22(42)48-27(21-29(43)53-37(2,3)4)34(44)52-31(23-12-10-9-11-13-23)35(45)49-26-16-17-40(47)28-20-24-14-15-25(50-36(46)54-38(5,6)7)32-30(24)39(40,33(26)51-32)18-19-41(28)8/h9-16,27-28,31,33,47H,17-21H2,1-8H3/t27-,28+,31-,33-,39-,40+/m0/s1. The Labute approximate surface area is 313 Å². The van der Waals surface area contributed by atoms with Crippen LogP contribution in [-0.4, -0.2) is 88.7 Å². The molecule has 6 atom stereocenters. The van der Waals surface area contributed by atoms with E-state index in [0.29, 0.717) is 24.9 Å². The molecule has 14 heteroatoms. The molecule has 1 fully saturated rings. The third-order valence-corrected chi connectivity index (χ3v) is 10.0. The number of aliphatic hydroxyl groups is 1. The Morgan fingerprint density at radius 1 is 0.926 bits per heavy atom. The van der Waals surface area contributed by atoms with E-state index >= 15 is 0 Å². The van der Waals surface area contributed by atoms with E-state index < -0.39 is 77.0 Å². The van der Waals surface area contributed by atoms with Gasteiger partial charge in [0.2, 0.25) is 12.2 Å². The monoisotopic (exact) mass is 749 g/mol. The molecule has 290 valence electrons. The van der Waals surface area contributed by atoms with Crippen LogP contribution in [-0.2, 0) is 54.7 Å². The summed E-state index contributed by atoms with van der Waals surface area (Å²) >= 11 is 0. The Kier molecular flexibility index (Phi) is 10.1. The predicted octanol–water partition coefficient (Wildman–Crippen LogP) is 4.77. The van der Waals surface area contributed by atoms with Gasteiger partial charge in [0.25, 0.3) is 0 Å². The van der Waals surface area contributed by atoms with Crippen molar-refractivity contribution in [3.05, 3.63) is 71.0 Å². The number of esters is 4. The maximum atomic E-state index is 14.2. The lowest BCUT2D eigenvalue weighted by Gasteiger charge is -2.61. The Hall–Kier alpha value is -4.95. The molecule has 4 aliphatic rings. The Balaban J connectivity index is 1.33. The van der Waals surface area contributed by atoms with Gasteiger partial charge in [-0.2, -0.15) is 0 Å². The molecule has 1 spiro atoms. The number of rotatable bonds is 9. The van der Waals surface area contributed by atoms with Crippen LogP contribution in [0.25, 0.3) is 0 Å². The van der Waals surface area contributed by atoms with E-state index in [1.54, 1.807) is 84.0 Å². The second-order valence-corrected chi connectivity index (χ2v) is 16.2. The fraction of sp³-hybridized carbons (Fsp3) is 0.525. The summed E-state index contributed by atoms with van der Waals surface area (Å²) in [6, 6.07) is 11.3. The van der Waals surface area contributed by atoms with Crippen LogP contribution in [0.2, 0.25) is 0 Å². The molecule has 2 heterocycles. The molecule has 1 N–H and O–H groups in total. The lowest BCUT2D eigenvalue weighted by molar-refractivity contribution is -0.184. The quantitative estimate of drug-likeness (QED) is 0.211. The van der Waals surface area contributed by atoms with Gasteiger partial charge in [-0.15, -0.1) is 0 Å². The summed E-state index contributed by atoms with van der Waals surface area (Å²) in [5.74, 6) is -3.44. The van der Waals surface area contributed by atoms with Gasteiger partial charge >= 0.3 is 30.0 Å². The molecule has 0 aromatic heterocycles. The molecule has 0 amide bonds. The minimum Gasteiger partial charge on any atom is -0.477 e. The summed E-state index contributed by atoms with van der Waals surface area (Å²) in [5, 5.41) is 12.7. The first-order valence-electron chi connectivity index (χ1n) is 17.9. The molecular formula is C40H47NO13. The normalized spacial score (nSPS) is 25.1. The average molecular weight is 750 g/mol. The minimum absolute atomic E-state index is 0.0718. The third-order valence-electron chi connectivity index (χ3n) is 10.0. The van der Waals surface area contributed by atoms with Gasteiger partial charge in [-0.1, -0.05) is 36.4 Å². The van der Waals surface area contributed by atoms with Crippen LogP contribution in [0, 0.1) is 0 Å². The number of carbonyl (C=O) groups is 5. The van der Waals surface area contributed by atoms with Gasteiger partial charge < -0.3 is 43.2 Å². The highest BCUT2D eigenvalue weighted by atomic mass is 16.7. The maximum Gasteiger partial charge on any atom is 0.514 e. The number of benzene rings is 2. The molecule has 2 aliphatic heterocycles. The highest BCUT2D eigenvalue weighted by Gasteiger charge is 2.72. The second kappa shape index (κ2) is 14.0. The summed E-state index contributed by atoms with van der Waals surface area (Å²) in [4.78, 5) is 67.3. The lowest BCUT2D eigenvalue weighted by atomic mass is 9.50. The number of ether oxygens (including phenoxy) is 7. The average Bonchev–Trinajstić information content (AvgIpc) is 3.42. The number of likely N-dealkylation sites (N-methyl/N-ethyl adjacent to an activating group) is 1. The molecule has 2 aromatic carbocycles.